The lowest BCUT2D eigenvalue weighted by molar-refractivity contribution is -0.142. The first-order valence-corrected chi connectivity index (χ1v) is 8.92. The van der Waals surface area contributed by atoms with Gasteiger partial charge in [0.1, 0.15) is 0 Å². The van der Waals surface area contributed by atoms with Crippen molar-refractivity contribution in [1.82, 2.24) is 15.1 Å². The number of hydrogen-bond donors (Lipinski definition) is 1. The molecule has 1 amide bonds. The second-order valence-electron chi connectivity index (χ2n) is 6.08. The summed E-state index contributed by atoms with van der Waals surface area (Å²) in [5.41, 5.74) is 0.354. The van der Waals surface area contributed by atoms with Crippen LogP contribution in [0.4, 0.5) is 13.2 Å². The maximum Gasteiger partial charge on any atom is 0.435 e. The zero-order valence-electron chi connectivity index (χ0n) is 13.7. The van der Waals surface area contributed by atoms with Gasteiger partial charge in [0, 0.05) is 22.8 Å². The molecule has 2 aromatic rings. The van der Waals surface area contributed by atoms with Crippen LogP contribution >= 0.6 is 23.2 Å². The van der Waals surface area contributed by atoms with Crippen LogP contribution < -0.4 is 5.32 Å². The Morgan fingerprint density at radius 2 is 1.96 bits per heavy atom. The van der Waals surface area contributed by atoms with E-state index in [9.17, 15) is 18.0 Å². The molecule has 1 aromatic heterocycles. The molecular formula is C17H16Cl2F3N3O. The highest BCUT2D eigenvalue weighted by molar-refractivity contribution is 6.36. The molecule has 0 spiro atoms. The van der Waals surface area contributed by atoms with Crippen LogP contribution in [0.1, 0.15) is 40.2 Å². The van der Waals surface area contributed by atoms with Crippen LogP contribution in [-0.2, 0) is 25.6 Å². The molecule has 1 aliphatic carbocycles. The third-order valence-corrected chi connectivity index (χ3v) is 4.86. The van der Waals surface area contributed by atoms with Gasteiger partial charge in [-0.05, 0) is 43.9 Å². The number of nitrogens with one attached hydrogen (secondary N) is 1. The molecule has 0 atom stereocenters. The van der Waals surface area contributed by atoms with E-state index < -0.39 is 17.8 Å². The molecule has 140 valence electrons. The summed E-state index contributed by atoms with van der Waals surface area (Å²) in [5, 5.41) is 7.04. The fourth-order valence-electron chi connectivity index (χ4n) is 3.13. The van der Waals surface area contributed by atoms with Crippen molar-refractivity contribution in [2.45, 2.75) is 38.4 Å². The van der Waals surface area contributed by atoms with E-state index >= 15 is 0 Å². The van der Waals surface area contributed by atoms with Gasteiger partial charge in [-0.3, -0.25) is 9.48 Å². The number of aromatic nitrogens is 2. The van der Waals surface area contributed by atoms with Gasteiger partial charge < -0.3 is 5.32 Å². The van der Waals surface area contributed by atoms with Gasteiger partial charge in [-0.2, -0.15) is 18.3 Å². The number of hydrogen-bond acceptors (Lipinski definition) is 2. The van der Waals surface area contributed by atoms with E-state index in [4.69, 9.17) is 23.2 Å². The molecule has 26 heavy (non-hydrogen) atoms. The van der Waals surface area contributed by atoms with Gasteiger partial charge >= 0.3 is 6.18 Å². The lowest BCUT2D eigenvalue weighted by Gasteiger charge is -2.15. The monoisotopic (exact) mass is 405 g/mol. The number of nitrogens with zero attached hydrogens (tertiary/aromatic N) is 2. The van der Waals surface area contributed by atoms with Crippen molar-refractivity contribution in [2.24, 2.45) is 0 Å². The number of rotatable bonds is 4. The number of alkyl halides is 3. The molecule has 1 N–H and O–H groups in total. The molecule has 3 rings (SSSR count). The Bertz CT molecular complexity index is 833. The highest BCUT2D eigenvalue weighted by Crippen LogP contribution is 2.35. The predicted molar refractivity (Wildman–Crippen MR) is 92.7 cm³/mol. The topological polar surface area (TPSA) is 46.9 Å². The lowest BCUT2D eigenvalue weighted by atomic mass is 9.95. The van der Waals surface area contributed by atoms with Crippen LogP contribution in [0.2, 0.25) is 10.0 Å². The van der Waals surface area contributed by atoms with Crippen molar-refractivity contribution in [3.8, 4) is 0 Å². The second-order valence-corrected chi connectivity index (χ2v) is 6.93. The highest BCUT2D eigenvalue weighted by Gasteiger charge is 2.39. The molecule has 0 bridgehead atoms. The third-order valence-electron chi connectivity index (χ3n) is 4.31. The Hall–Kier alpha value is -1.73. The summed E-state index contributed by atoms with van der Waals surface area (Å²) in [5.74, 6) is -0.413. The minimum Gasteiger partial charge on any atom is -0.350 e. The Balaban J connectivity index is 1.70. The van der Waals surface area contributed by atoms with E-state index in [1.807, 2.05) is 0 Å². The van der Waals surface area contributed by atoms with Crippen LogP contribution in [0.5, 0.6) is 0 Å². The summed E-state index contributed by atoms with van der Waals surface area (Å²) in [4.78, 5) is 12.2. The number of amides is 1. The van der Waals surface area contributed by atoms with Crippen LogP contribution in [0.3, 0.4) is 0 Å². The molecule has 1 aliphatic rings. The van der Waals surface area contributed by atoms with E-state index in [-0.39, 0.29) is 29.2 Å². The van der Waals surface area contributed by atoms with Crippen molar-refractivity contribution in [2.75, 3.05) is 6.54 Å². The molecule has 0 radical (unpaired) electrons. The van der Waals surface area contributed by atoms with Crippen molar-refractivity contribution in [3.63, 3.8) is 0 Å². The second kappa shape index (κ2) is 7.48. The average Bonchev–Trinajstić information content (AvgIpc) is 2.94. The smallest absolute Gasteiger partial charge is 0.350 e. The minimum atomic E-state index is -4.47. The van der Waals surface area contributed by atoms with E-state index in [2.05, 4.69) is 10.4 Å². The van der Waals surface area contributed by atoms with E-state index in [0.717, 1.165) is 12.8 Å². The zero-order valence-corrected chi connectivity index (χ0v) is 15.2. The van der Waals surface area contributed by atoms with E-state index in [1.165, 1.54) is 16.8 Å². The quantitative estimate of drug-likeness (QED) is 0.812. The molecule has 0 saturated carbocycles. The van der Waals surface area contributed by atoms with Crippen LogP contribution in [-0.4, -0.2) is 22.2 Å². The standard InChI is InChI=1S/C17H16Cl2F3N3O/c18-10-5-6-11(13(19)9-10)16(26)23-7-8-25-14-4-2-1-3-12(14)15(24-25)17(20,21)22/h5-6,9H,1-4,7-8H2,(H,23,26). The van der Waals surface area contributed by atoms with E-state index in [0.29, 0.717) is 23.6 Å². The molecule has 1 heterocycles. The highest BCUT2D eigenvalue weighted by atomic mass is 35.5. The van der Waals surface area contributed by atoms with Gasteiger partial charge in [-0.15, -0.1) is 0 Å². The van der Waals surface area contributed by atoms with Crippen molar-refractivity contribution in [1.29, 1.82) is 0 Å². The maximum absolute atomic E-state index is 13.2. The molecular weight excluding hydrogens is 390 g/mol. The summed E-state index contributed by atoms with van der Waals surface area (Å²) in [6, 6.07) is 4.50. The number of fused-ring (bicyclic) bond motifs is 1. The van der Waals surface area contributed by atoms with Gasteiger partial charge in [0.2, 0.25) is 0 Å². The molecule has 1 aromatic carbocycles. The van der Waals surface area contributed by atoms with Crippen molar-refractivity contribution >= 4 is 29.1 Å². The summed E-state index contributed by atoms with van der Waals surface area (Å²) in [6.07, 6.45) is -1.95. The van der Waals surface area contributed by atoms with Crippen molar-refractivity contribution in [3.05, 3.63) is 50.8 Å². The SMILES string of the molecule is O=C(NCCn1nc(C(F)(F)F)c2c1CCCC2)c1ccc(Cl)cc1Cl. The van der Waals surface area contributed by atoms with Crippen LogP contribution in [0, 0.1) is 0 Å². The lowest BCUT2D eigenvalue weighted by Crippen LogP contribution is -2.28. The Morgan fingerprint density at radius 3 is 2.65 bits per heavy atom. The molecule has 0 aliphatic heterocycles. The predicted octanol–water partition coefficient (Wildman–Crippen LogP) is 4.52. The largest absolute Gasteiger partial charge is 0.435 e. The molecule has 0 unspecified atom stereocenters. The molecule has 9 heteroatoms. The molecule has 0 fully saturated rings. The van der Waals surface area contributed by atoms with E-state index in [1.54, 1.807) is 6.07 Å². The van der Waals surface area contributed by atoms with Gasteiger partial charge in [-0.1, -0.05) is 23.2 Å². The van der Waals surface area contributed by atoms with Crippen LogP contribution in [0.25, 0.3) is 0 Å². The Labute approximate surface area is 158 Å². The van der Waals surface area contributed by atoms with Gasteiger partial charge in [-0.25, -0.2) is 0 Å². The normalized spacial score (nSPS) is 14.2. The van der Waals surface area contributed by atoms with Gasteiger partial charge in [0.25, 0.3) is 5.91 Å². The number of carbonyl (C=O) groups is 1. The summed E-state index contributed by atoms with van der Waals surface area (Å²) in [7, 11) is 0. The Kier molecular flexibility index (Phi) is 5.48. The molecule has 0 saturated heterocycles. The van der Waals surface area contributed by atoms with Gasteiger partial charge in [0.05, 0.1) is 17.1 Å². The fourth-order valence-corrected chi connectivity index (χ4v) is 3.62. The first-order chi connectivity index (χ1) is 12.3. The summed E-state index contributed by atoms with van der Waals surface area (Å²) >= 11 is 11.8. The zero-order chi connectivity index (χ0) is 18.9. The van der Waals surface area contributed by atoms with Crippen LogP contribution in [0.15, 0.2) is 18.2 Å². The average molecular weight is 406 g/mol. The Morgan fingerprint density at radius 1 is 1.23 bits per heavy atom. The number of carbonyl (C=O) groups excluding carboxylic acids is 1. The first kappa shape index (κ1) is 19.0. The first-order valence-electron chi connectivity index (χ1n) is 8.16. The number of halogens is 5. The number of benzene rings is 1. The van der Waals surface area contributed by atoms with Gasteiger partial charge in [0.15, 0.2) is 5.69 Å². The third kappa shape index (κ3) is 3.99. The maximum atomic E-state index is 13.2. The summed E-state index contributed by atoms with van der Waals surface area (Å²) in [6.45, 7) is 0.304. The summed E-state index contributed by atoms with van der Waals surface area (Å²) < 4.78 is 40.9. The fraction of sp³-hybridized carbons (Fsp3) is 0.412. The minimum absolute atomic E-state index is 0.142. The molecule has 4 nitrogen and oxygen atoms in total. The van der Waals surface area contributed by atoms with Crippen molar-refractivity contribution < 1.29 is 18.0 Å².